The van der Waals surface area contributed by atoms with Gasteiger partial charge in [0.25, 0.3) is 0 Å². The molecule has 4 nitrogen and oxygen atoms in total. The molecule has 0 aliphatic carbocycles. The molecule has 0 saturated heterocycles. The Bertz CT molecular complexity index is 636. The van der Waals surface area contributed by atoms with E-state index in [0.29, 0.717) is 16.9 Å². The summed E-state index contributed by atoms with van der Waals surface area (Å²) in [4.78, 5) is 18.6. The summed E-state index contributed by atoms with van der Waals surface area (Å²) in [5.74, 6) is 0.556. The van der Waals surface area contributed by atoms with Gasteiger partial charge in [-0.1, -0.05) is 12.1 Å². The molecule has 0 fully saturated rings. The summed E-state index contributed by atoms with van der Waals surface area (Å²) in [6.07, 6.45) is 3.24. The Morgan fingerprint density at radius 3 is 2.57 bits per heavy atom. The number of rotatable bonds is 5. The summed E-state index contributed by atoms with van der Waals surface area (Å²) in [5.41, 5.74) is 2.16. The number of benzene rings is 1. The number of hydrogen-bond acceptors (Lipinski definition) is 4. The number of ether oxygens (including phenoxy) is 1. The number of carbonyl (C=O) groups is 1. The Morgan fingerprint density at radius 2 is 1.90 bits per heavy atom. The van der Waals surface area contributed by atoms with Crippen LogP contribution in [-0.2, 0) is 0 Å². The van der Waals surface area contributed by atoms with Crippen LogP contribution in [-0.4, -0.2) is 31.0 Å². The fourth-order valence-electron chi connectivity index (χ4n) is 1.97. The normalized spacial score (nSPS) is 10.5. The maximum absolute atomic E-state index is 12.5. The van der Waals surface area contributed by atoms with Gasteiger partial charge in [-0.25, -0.2) is 0 Å². The molecule has 0 spiro atoms. The van der Waals surface area contributed by atoms with E-state index in [1.165, 1.54) is 0 Å². The first-order valence-electron chi connectivity index (χ1n) is 6.91. The molecule has 1 aromatic carbocycles. The van der Waals surface area contributed by atoms with Crippen LogP contribution in [0.1, 0.15) is 29.8 Å². The van der Waals surface area contributed by atoms with E-state index < -0.39 is 0 Å². The zero-order valence-electron chi connectivity index (χ0n) is 12.8. The topological polar surface area (TPSA) is 42.4 Å². The first kappa shape index (κ1) is 15.0. The van der Waals surface area contributed by atoms with E-state index in [1.54, 1.807) is 18.5 Å². The predicted octanol–water partition coefficient (Wildman–Crippen LogP) is 3.17. The predicted molar refractivity (Wildman–Crippen MR) is 84.2 cm³/mol. The first-order valence-corrected chi connectivity index (χ1v) is 6.91. The zero-order chi connectivity index (χ0) is 15.4. The number of pyridine rings is 1. The Morgan fingerprint density at radius 1 is 1.14 bits per heavy atom. The molecule has 2 rings (SSSR count). The summed E-state index contributed by atoms with van der Waals surface area (Å²) in [6.45, 7) is 3.88. The Balaban J connectivity index is 2.29. The second-order valence-electron chi connectivity index (χ2n) is 5.35. The summed E-state index contributed by atoms with van der Waals surface area (Å²) in [5, 5.41) is 0. The van der Waals surface area contributed by atoms with Gasteiger partial charge in [-0.3, -0.25) is 9.78 Å². The molecule has 0 saturated carbocycles. The van der Waals surface area contributed by atoms with Gasteiger partial charge in [0.15, 0.2) is 5.78 Å². The molecule has 0 unspecified atom stereocenters. The standard InChI is InChI=1S/C17H20N2O2/c1-12(2)21-16-9-14(10-18-11-16)17(20)13-6-5-7-15(8-13)19(3)4/h5-12H,1-4H3. The van der Waals surface area contributed by atoms with Gasteiger partial charge in [0, 0.05) is 37.1 Å². The lowest BCUT2D eigenvalue weighted by Crippen LogP contribution is -2.10. The van der Waals surface area contributed by atoms with Gasteiger partial charge in [-0.05, 0) is 32.0 Å². The van der Waals surface area contributed by atoms with Gasteiger partial charge in [0.2, 0.25) is 0 Å². The molecular weight excluding hydrogens is 264 g/mol. The maximum Gasteiger partial charge on any atom is 0.194 e. The van der Waals surface area contributed by atoms with E-state index in [-0.39, 0.29) is 11.9 Å². The Hall–Kier alpha value is -2.36. The third-order valence-corrected chi connectivity index (χ3v) is 2.97. The van der Waals surface area contributed by atoms with Gasteiger partial charge in [-0.15, -0.1) is 0 Å². The molecule has 0 radical (unpaired) electrons. The maximum atomic E-state index is 12.5. The van der Waals surface area contributed by atoms with Crippen molar-refractivity contribution >= 4 is 11.5 Å². The summed E-state index contributed by atoms with van der Waals surface area (Å²) >= 11 is 0. The highest BCUT2D eigenvalue weighted by Gasteiger charge is 2.12. The molecule has 1 heterocycles. The van der Waals surface area contributed by atoms with Crippen molar-refractivity contribution in [3.63, 3.8) is 0 Å². The smallest absolute Gasteiger partial charge is 0.194 e. The first-order chi connectivity index (χ1) is 9.97. The van der Waals surface area contributed by atoms with Crippen molar-refractivity contribution in [1.82, 2.24) is 4.98 Å². The largest absolute Gasteiger partial charge is 0.489 e. The van der Waals surface area contributed by atoms with E-state index in [2.05, 4.69) is 4.98 Å². The van der Waals surface area contributed by atoms with Gasteiger partial charge in [0.05, 0.1) is 12.3 Å². The number of nitrogens with zero attached hydrogens (tertiary/aromatic N) is 2. The fraction of sp³-hybridized carbons (Fsp3) is 0.294. The summed E-state index contributed by atoms with van der Waals surface area (Å²) in [6, 6.07) is 9.26. The van der Waals surface area contributed by atoms with Gasteiger partial charge in [0.1, 0.15) is 5.75 Å². The van der Waals surface area contributed by atoms with Crippen molar-refractivity contribution in [1.29, 1.82) is 0 Å². The molecule has 110 valence electrons. The lowest BCUT2D eigenvalue weighted by atomic mass is 10.0. The molecule has 0 atom stereocenters. The van der Waals surface area contributed by atoms with Crippen molar-refractivity contribution < 1.29 is 9.53 Å². The van der Waals surface area contributed by atoms with Crippen LogP contribution in [0.2, 0.25) is 0 Å². The van der Waals surface area contributed by atoms with E-state index in [0.717, 1.165) is 5.69 Å². The molecule has 0 N–H and O–H groups in total. The molecule has 0 aliphatic rings. The molecule has 2 aromatic rings. The average molecular weight is 284 g/mol. The SMILES string of the molecule is CC(C)Oc1cncc(C(=O)c2cccc(N(C)C)c2)c1. The van der Waals surface area contributed by atoms with Crippen molar-refractivity contribution in [2.24, 2.45) is 0 Å². The van der Waals surface area contributed by atoms with Crippen molar-refractivity contribution in [3.05, 3.63) is 53.9 Å². The van der Waals surface area contributed by atoms with Gasteiger partial charge >= 0.3 is 0 Å². The quantitative estimate of drug-likeness (QED) is 0.791. The van der Waals surface area contributed by atoms with Crippen LogP contribution < -0.4 is 9.64 Å². The van der Waals surface area contributed by atoms with E-state index in [4.69, 9.17) is 4.74 Å². The minimum atomic E-state index is -0.0552. The highest BCUT2D eigenvalue weighted by atomic mass is 16.5. The van der Waals surface area contributed by atoms with E-state index in [1.807, 2.05) is 57.1 Å². The zero-order valence-corrected chi connectivity index (χ0v) is 12.8. The fourth-order valence-corrected chi connectivity index (χ4v) is 1.97. The van der Waals surface area contributed by atoms with Gasteiger partial charge in [-0.2, -0.15) is 0 Å². The lowest BCUT2D eigenvalue weighted by Gasteiger charge is -2.13. The van der Waals surface area contributed by atoms with Crippen molar-refractivity contribution in [2.75, 3.05) is 19.0 Å². The lowest BCUT2D eigenvalue weighted by molar-refractivity contribution is 0.103. The number of ketones is 1. The van der Waals surface area contributed by atoms with Crippen molar-refractivity contribution in [2.45, 2.75) is 20.0 Å². The molecule has 1 aromatic heterocycles. The van der Waals surface area contributed by atoms with Crippen LogP contribution in [0.15, 0.2) is 42.7 Å². The third kappa shape index (κ3) is 3.81. The molecule has 21 heavy (non-hydrogen) atoms. The molecular formula is C17H20N2O2. The Labute approximate surface area is 125 Å². The second kappa shape index (κ2) is 6.39. The van der Waals surface area contributed by atoms with Crippen molar-refractivity contribution in [3.8, 4) is 5.75 Å². The number of anilines is 1. The third-order valence-electron chi connectivity index (χ3n) is 2.97. The van der Waals surface area contributed by atoms with Crippen LogP contribution in [0.5, 0.6) is 5.75 Å². The number of hydrogen-bond donors (Lipinski definition) is 0. The minimum absolute atomic E-state index is 0.0502. The van der Waals surface area contributed by atoms with Crippen LogP contribution in [0.4, 0.5) is 5.69 Å². The summed E-state index contributed by atoms with van der Waals surface area (Å²) < 4.78 is 5.58. The van der Waals surface area contributed by atoms with Crippen LogP contribution in [0.3, 0.4) is 0 Å². The highest BCUT2D eigenvalue weighted by Crippen LogP contribution is 2.19. The molecule has 0 aliphatic heterocycles. The highest BCUT2D eigenvalue weighted by molar-refractivity contribution is 6.09. The van der Waals surface area contributed by atoms with E-state index >= 15 is 0 Å². The molecule has 0 amide bonds. The monoisotopic (exact) mass is 284 g/mol. The van der Waals surface area contributed by atoms with E-state index in [9.17, 15) is 4.79 Å². The molecule has 4 heteroatoms. The van der Waals surface area contributed by atoms with Gasteiger partial charge < -0.3 is 9.64 Å². The Kier molecular flexibility index (Phi) is 4.58. The minimum Gasteiger partial charge on any atom is -0.489 e. The van der Waals surface area contributed by atoms with Crippen LogP contribution in [0.25, 0.3) is 0 Å². The second-order valence-corrected chi connectivity index (χ2v) is 5.35. The van der Waals surface area contributed by atoms with Crippen LogP contribution >= 0.6 is 0 Å². The summed E-state index contributed by atoms with van der Waals surface area (Å²) in [7, 11) is 3.89. The average Bonchev–Trinajstić information content (AvgIpc) is 2.46. The number of carbonyl (C=O) groups excluding carboxylic acids is 1. The van der Waals surface area contributed by atoms with Crippen LogP contribution in [0, 0.1) is 0 Å². The molecule has 0 bridgehead atoms. The number of aromatic nitrogens is 1.